The van der Waals surface area contributed by atoms with Crippen molar-refractivity contribution < 1.29 is 9.18 Å². The van der Waals surface area contributed by atoms with Gasteiger partial charge in [0.15, 0.2) is 11.0 Å². The largest absolute Gasteiger partial charge is 0.292 e. The van der Waals surface area contributed by atoms with Gasteiger partial charge in [-0.15, -0.1) is 0 Å². The Morgan fingerprint density at radius 3 is 2.50 bits per heavy atom. The van der Waals surface area contributed by atoms with Crippen LogP contribution in [0.5, 0.6) is 0 Å². The summed E-state index contributed by atoms with van der Waals surface area (Å²) < 4.78 is 12.5. The fourth-order valence-corrected chi connectivity index (χ4v) is 0.759. The van der Waals surface area contributed by atoms with E-state index in [0.717, 1.165) is 0 Å². The molecule has 1 rings (SSSR count). The quantitative estimate of drug-likeness (QED) is 0.620. The van der Waals surface area contributed by atoms with E-state index in [1.807, 2.05) is 0 Å². The number of hydrazone groups is 1. The van der Waals surface area contributed by atoms with E-state index in [2.05, 4.69) is 10.5 Å². The number of carbonyl (C=O) groups is 1. The number of hydrogen-bond acceptors (Lipinski definition) is 3. The summed E-state index contributed by atoms with van der Waals surface area (Å²) in [7, 11) is 0. The average Bonchev–Trinajstić information content (AvgIpc) is 2.16. The molecule has 0 aliphatic heterocycles. The second-order valence-corrected chi connectivity index (χ2v) is 2.94. The van der Waals surface area contributed by atoms with Crippen molar-refractivity contribution in [2.75, 3.05) is 5.43 Å². The summed E-state index contributed by atoms with van der Waals surface area (Å²) in [5, 5.41) is 3.44. The molecule has 1 N–H and O–H groups in total. The third kappa shape index (κ3) is 3.14. The number of halogens is 2. The number of anilines is 1. The number of ketones is 1. The van der Waals surface area contributed by atoms with E-state index in [4.69, 9.17) is 11.6 Å². The summed E-state index contributed by atoms with van der Waals surface area (Å²) in [5.41, 5.74) is 3.08. The molecule has 0 saturated heterocycles. The maximum Gasteiger partial charge on any atom is 0.191 e. The molecule has 0 aliphatic rings. The molecule has 0 aliphatic carbocycles. The lowest BCUT2D eigenvalue weighted by Gasteiger charge is -1.99. The topological polar surface area (TPSA) is 41.5 Å². The number of rotatable bonds is 3. The average molecular weight is 215 g/mol. The minimum absolute atomic E-state index is 0.144. The van der Waals surface area contributed by atoms with E-state index >= 15 is 0 Å². The smallest absolute Gasteiger partial charge is 0.191 e. The van der Waals surface area contributed by atoms with E-state index in [-0.39, 0.29) is 16.8 Å². The second kappa shape index (κ2) is 4.72. The van der Waals surface area contributed by atoms with Crippen LogP contribution in [0.3, 0.4) is 0 Å². The predicted molar refractivity (Wildman–Crippen MR) is 54.0 cm³/mol. The normalized spacial score (nSPS) is 11.2. The molecular weight excluding hydrogens is 207 g/mol. The zero-order valence-corrected chi connectivity index (χ0v) is 8.18. The van der Waals surface area contributed by atoms with E-state index < -0.39 is 0 Å². The van der Waals surface area contributed by atoms with Gasteiger partial charge in [0.2, 0.25) is 0 Å². The first-order valence-electron chi connectivity index (χ1n) is 3.85. The lowest BCUT2D eigenvalue weighted by Crippen LogP contribution is -2.04. The van der Waals surface area contributed by atoms with Crippen LogP contribution in [-0.4, -0.2) is 11.0 Å². The molecule has 0 atom stereocenters. The van der Waals surface area contributed by atoms with Gasteiger partial charge in [0.05, 0.1) is 5.69 Å². The van der Waals surface area contributed by atoms with Crippen LogP contribution in [0.25, 0.3) is 0 Å². The highest BCUT2D eigenvalue weighted by atomic mass is 35.5. The molecule has 3 nitrogen and oxygen atoms in total. The van der Waals surface area contributed by atoms with Gasteiger partial charge < -0.3 is 0 Å². The zero-order valence-electron chi connectivity index (χ0n) is 7.42. The summed E-state index contributed by atoms with van der Waals surface area (Å²) >= 11 is 5.46. The van der Waals surface area contributed by atoms with Gasteiger partial charge in [0.1, 0.15) is 5.82 Å². The van der Waals surface area contributed by atoms with Crippen molar-refractivity contribution in [1.29, 1.82) is 0 Å². The van der Waals surface area contributed by atoms with Gasteiger partial charge in [-0.1, -0.05) is 11.6 Å². The summed E-state index contributed by atoms with van der Waals surface area (Å²) in [4.78, 5) is 10.7. The van der Waals surface area contributed by atoms with Crippen molar-refractivity contribution in [3.8, 4) is 0 Å². The van der Waals surface area contributed by atoms with Gasteiger partial charge >= 0.3 is 0 Å². The number of benzene rings is 1. The molecule has 0 bridgehead atoms. The molecule has 0 spiro atoms. The third-order valence-corrected chi connectivity index (χ3v) is 1.77. The Balaban J connectivity index is 2.66. The summed E-state index contributed by atoms with van der Waals surface area (Å²) in [6, 6.07) is 5.53. The van der Waals surface area contributed by atoms with E-state index in [0.29, 0.717) is 5.69 Å². The Kier molecular flexibility index (Phi) is 3.59. The number of nitrogens with one attached hydrogen (secondary N) is 1. The molecule has 0 unspecified atom stereocenters. The molecule has 0 radical (unpaired) electrons. The van der Waals surface area contributed by atoms with Crippen LogP contribution in [0.2, 0.25) is 0 Å². The molecule has 0 saturated carbocycles. The first kappa shape index (κ1) is 10.7. The molecular formula is C9H8ClFN2O. The van der Waals surface area contributed by atoms with Gasteiger partial charge in [-0.3, -0.25) is 10.2 Å². The number of Topliss-reactive ketones (excluding diaryl/α,β-unsaturated/α-hetero) is 1. The Labute approximate surface area is 85.6 Å². The first-order valence-corrected chi connectivity index (χ1v) is 4.23. The van der Waals surface area contributed by atoms with Crippen LogP contribution in [0.1, 0.15) is 6.92 Å². The fourth-order valence-electron chi connectivity index (χ4n) is 0.717. The molecule has 0 fully saturated rings. The maximum atomic E-state index is 12.5. The van der Waals surface area contributed by atoms with Crippen LogP contribution >= 0.6 is 11.6 Å². The molecule has 0 heterocycles. The standard InChI is InChI=1S/C9H8ClFN2O/c1-6(14)9(10)13-12-8-4-2-7(11)3-5-8/h2-5,12H,1H3/b13-9+. The Morgan fingerprint density at radius 2 is 2.00 bits per heavy atom. The van der Waals surface area contributed by atoms with E-state index in [1.165, 1.54) is 31.2 Å². The van der Waals surface area contributed by atoms with E-state index in [9.17, 15) is 9.18 Å². The van der Waals surface area contributed by atoms with Crippen molar-refractivity contribution in [2.24, 2.45) is 5.10 Å². The maximum absolute atomic E-state index is 12.5. The predicted octanol–water partition coefficient (Wildman–Crippen LogP) is 2.38. The molecule has 0 amide bonds. The molecule has 1 aromatic rings. The molecule has 0 aromatic heterocycles. The van der Waals surface area contributed by atoms with Crippen LogP contribution in [-0.2, 0) is 4.79 Å². The SMILES string of the molecule is CC(=O)/C(Cl)=N\Nc1ccc(F)cc1. The highest BCUT2D eigenvalue weighted by Gasteiger charge is 1.99. The third-order valence-electron chi connectivity index (χ3n) is 1.42. The van der Waals surface area contributed by atoms with Crippen LogP contribution < -0.4 is 5.43 Å². The zero-order chi connectivity index (χ0) is 10.6. The second-order valence-electron chi connectivity index (χ2n) is 2.58. The number of carbonyl (C=O) groups excluding carboxylic acids is 1. The number of nitrogens with zero attached hydrogens (tertiary/aromatic N) is 1. The summed E-state index contributed by atoms with van der Waals surface area (Å²) in [6.45, 7) is 1.30. The van der Waals surface area contributed by atoms with E-state index in [1.54, 1.807) is 0 Å². The molecule has 74 valence electrons. The van der Waals surface area contributed by atoms with Crippen molar-refractivity contribution in [2.45, 2.75) is 6.92 Å². The summed E-state index contributed by atoms with van der Waals surface area (Å²) in [5.74, 6) is -0.668. The van der Waals surface area contributed by atoms with Crippen LogP contribution in [0.4, 0.5) is 10.1 Å². The lowest BCUT2D eigenvalue weighted by atomic mass is 10.3. The highest BCUT2D eigenvalue weighted by molar-refractivity contribution is 6.82. The Hall–Kier alpha value is -1.42. The van der Waals surface area contributed by atoms with Gasteiger partial charge in [0, 0.05) is 6.92 Å². The Morgan fingerprint density at radius 1 is 1.43 bits per heavy atom. The minimum Gasteiger partial charge on any atom is -0.292 e. The lowest BCUT2D eigenvalue weighted by molar-refractivity contribution is -0.110. The molecule has 1 aromatic carbocycles. The van der Waals surface area contributed by atoms with Gasteiger partial charge in [-0.25, -0.2) is 4.39 Å². The van der Waals surface area contributed by atoms with Crippen molar-refractivity contribution in [3.05, 3.63) is 30.1 Å². The fraction of sp³-hybridized carbons (Fsp3) is 0.111. The van der Waals surface area contributed by atoms with Crippen LogP contribution in [0, 0.1) is 5.82 Å². The van der Waals surface area contributed by atoms with Crippen molar-refractivity contribution >= 4 is 28.2 Å². The number of hydrogen-bond donors (Lipinski definition) is 1. The highest BCUT2D eigenvalue weighted by Crippen LogP contribution is 2.08. The minimum atomic E-state index is -0.336. The van der Waals surface area contributed by atoms with Crippen molar-refractivity contribution in [1.82, 2.24) is 0 Å². The summed E-state index contributed by atoms with van der Waals surface area (Å²) in [6.07, 6.45) is 0. The van der Waals surface area contributed by atoms with Crippen LogP contribution in [0.15, 0.2) is 29.4 Å². The Bertz CT molecular complexity index is 362. The van der Waals surface area contributed by atoms with Gasteiger partial charge in [0.25, 0.3) is 0 Å². The van der Waals surface area contributed by atoms with Gasteiger partial charge in [-0.2, -0.15) is 5.10 Å². The van der Waals surface area contributed by atoms with Gasteiger partial charge in [-0.05, 0) is 24.3 Å². The monoisotopic (exact) mass is 214 g/mol. The first-order chi connectivity index (χ1) is 6.59. The molecule has 14 heavy (non-hydrogen) atoms. The molecule has 5 heteroatoms. The van der Waals surface area contributed by atoms with Crippen molar-refractivity contribution in [3.63, 3.8) is 0 Å².